The first-order chi connectivity index (χ1) is 13.4. The highest BCUT2D eigenvalue weighted by molar-refractivity contribution is 5.91. The molecule has 0 aliphatic heterocycles. The molecule has 2 unspecified atom stereocenters. The van der Waals surface area contributed by atoms with E-state index in [1.165, 1.54) is 18.2 Å². The first kappa shape index (κ1) is 18.6. The molecule has 2 aliphatic rings. The average Bonchev–Trinajstić information content (AvgIpc) is 3.23. The van der Waals surface area contributed by atoms with Gasteiger partial charge in [0.05, 0.1) is 18.5 Å². The van der Waals surface area contributed by atoms with Crippen LogP contribution in [0, 0.1) is 0 Å². The molecule has 5 nitrogen and oxygen atoms in total. The molecule has 0 radical (unpaired) electrons. The van der Waals surface area contributed by atoms with Crippen molar-refractivity contribution >= 4 is 17.3 Å². The largest absolute Gasteiger partial charge is 0.573 e. The topological polar surface area (TPSA) is 60.5 Å². The monoisotopic (exact) mass is 392 g/mol. The maximum Gasteiger partial charge on any atom is 0.573 e. The van der Waals surface area contributed by atoms with E-state index in [0.717, 1.165) is 30.4 Å². The average molecular weight is 392 g/mol. The van der Waals surface area contributed by atoms with Gasteiger partial charge in [0.25, 0.3) is 0 Å². The van der Waals surface area contributed by atoms with Crippen LogP contribution in [0.25, 0.3) is 0 Å². The molecule has 2 bridgehead atoms. The number of fused-ring (bicyclic) bond motifs is 5. The summed E-state index contributed by atoms with van der Waals surface area (Å²) in [5.74, 6) is -0.146. The lowest BCUT2D eigenvalue weighted by atomic mass is 9.89. The minimum atomic E-state index is -4.75. The molecule has 0 spiro atoms. The van der Waals surface area contributed by atoms with Gasteiger partial charge in [-0.2, -0.15) is 0 Å². The van der Waals surface area contributed by atoms with E-state index in [2.05, 4.69) is 15.0 Å². The second-order valence-corrected chi connectivity index (χ2v) is 6.98. The normalized spacial score (nSPS) is 20.0. The van der Waals surface area contributed by atoms with Crippen LogP contribution in [-0.2, 0) is 4.74 Å². The van der Waals surface area contributed by atoms with Crippen molar-refractivity contribution in [2.24, 2.45) is 0 Å². The number of anilines is 2. The number of alkyl halides is 3. The summed E-state index contributed by atoms with van der Waals surface area (Å²) in [4.78, 5) is 16.6. The van der Waals surface area contributed by atoms with E-state index in [1.807, 2.05) is 0 Å². The highest BCUT2D eigenvalue weighted by Gasteiger charge is 2.42. The van der Waals surface area contributed by atoms with Gasteiger partial charge in [-0.3, -0.25) is 0 Å². The smallest absolute Gasteiger partial charge is 0.461 e. The maximum atomic E-state index is 12.5. The van der Waals surface area contributed by atoms with Crippen LogP contribution in [0.3, 0.4) is 0 Å². The lowest BCUT2D eigenvalue weighted by molar-refractivity contribution is -0.274. The molecule has 1 fully saturated rings. The van der Waals surface area contributed by atoms with E-state index in [1.54, 1.807) is 19.2 Å². The number of ether oxygens (including phenoxy) is 2. The van der Waals surface area contributed by atoms with Crippen LogP contribution in [0.4, 0.5) is 24.5 Å². The quantitative estimate of drug-likeness (QED) is 0.703. The third kappa shape index (κ3) is 3.50. The Morgan fingerprint density at radius 2 is 2.00 bits per heavy atom. The number of halogens is 3. The molecule has 1 saturated carbocycles. The van der Waals surface area contributed by atoms with Gasteiger partial charge in [0.15, 0.2) is 5.69 Å². The van der Waals surface area contributed by atoms with Crippen LogP contribution in [0.5, 0.6) is 5.75 Å². The number of aromatic nitrogens is 1. The van der Waals surface area contributed by atoms with Crippen molar-refractivity contribution in [2.45, 2.75) is 44.4 Å². The van der Waals surface area contributed by atoms with Crippen molar-refractivity contribution in [1.82, 2.24) is 4.98 Å². The van der Waals surface area contributed by atoms with Crippen LogP contribution in [0.1, 0.15) is 59.6 Å². The fourth-order valence-corrected chi connectivity index (χ4v) is 4.29. The zero-order chi connectivity index (χ0) is 19.9. The van der Waals surface area contributed by atoms with Crippen molar-refractivity contribution in [3.05, 3.63) is 47.3 Å². The molecule has 4 rings (SSSR count). The Morgan fingerprint density at radius 3 is 2.71 bits per heavy atom. The number of benzene rings is 1. The second kappa shape index (κ2) is 7.00. The summed E-state index contributed by atoms with van der Waals surface area (Å²) in [7, 11) is 0. The Morgan fingerprint density at radius 1 is 1.25 bits per heavy atom. The fourth-order valence-electron chi connectivity index (χ4n) is 4.29. The van der Waals surface area contributed by atoms with E-state index in [0.29, 0.717) is 23.0 Å². The van der Waals surface area contributed by atoms with Gasteiger partial charge in [-0.1, -0.05) is 6.07 Å². The van der Waals surface area contributed by atoms with Crippen molar-refractivity contribution in [3.8, 4) is 5.75 Å². The number of rotatable bonds is 5. The molecule has 2 atom stereocenters. The highest BCUT2D eigenvalue weighted by Crippen LogP contribution is 2.56. The molecule has 0 saturated heterocycles. The molecular formula is C20H19F3N2O3. The molecule has 1 N–H and O–H groups in total. The third-order valence-electron chi connectivity index (χ3n) is 5.22. The summed E-state index contributed by atoms with van der Waals surface area (Å²) in [5, 5.41) is 3.15. The van der Waals surface area contributed by atoms with Gasteiger partial charge in [0, 0.05) is 11.8 Å². The van der Waals surface area contributed by atoms with Crippen molar-refractivity contribution < 1.29 is 27.4 Å². The Balaban J connectivity index is 1.67. The summed E-state index contributed by atoms with van der Waals surface area (Å²) in [5.41, 5.74) is 3.46. The molecule has 148 valence electrons. The molecule has 0 amide bonds. The fraction of sp³-hybridized carbons (Fsp3) is 0.400. The second-order valence-electron chi connectivity index (χ2n) is 6.98. The summed E-state index contributed by atoms with van der Waals surface area (Å²) in [6, 6.07) is 5.66. The van der Waals surface area contributed by atoms with Crippen LogP contribution in [-0.4, -0.2) is 23.9 Å². The zero-order valence-electron chi connectivity index (χ0n) is 15.2. The van der Waals surface area contributed by atoms with Gasteiger partial charge < -0.3 is 14.8 Å². The Kier molecular flexibility index (Phi) is 4.64. The number of esters is 1. The number of carbonyl (C=O) groups excluding carboxylic acids is 1. The summed E-state index contributed by atoms with van der Waals surface area (Å²) in [6.07, 6.45) is -0.204. The molecule has 8 heteroatoms. The summed E-state index contributed by atoms with van der Waals surface area (Å²) >= 11 is 0. The van der Waals surface area contributed by atoms with Crippen LogP contribution in [0.2, 0.25) is 0 Å². The maximum absolute atomic E-state index is 12.5. The number of hydrogen-bond acceptors (Lipinski definition) is 5. The Hall–Kier alpha value is -2.77. The van der Waals surface area contributed by atoms with Gasteiger partial charge in [0.2, 0.25) is 0 Å². The van der Waals surface area contributed by atoms with Gasteiger partial charge >= 0.3 is 12.3 Å². The van der Waals surface area contributed by atoms with Crippen LogP contribution >= 0.6 is 0 Å². The zero-order valence-corrected chi connectivity index (χ0v) is 15.2. The highest BCUT2D eigenvalue weighted by atomic mass is 19.4. The third-order valence-corrected chi connectivity index (χ3v) is 5.22. The van der Waals surface area contributed by atoms with Crippen molar-refractivity contribution in [2.75, 3.05) is 11.9 Å². The minimum Gasteiger partial charge on any atom is -0.461 e. The van der Waals surface area contributed by atoms with E-state index in [9.17, 15) is 18.0 Å². The number of pyridine rings is 1. The van der Waals surface area contributed by atoms with Crippen molar-refractivity contribution in [3.63, 3.8) is 0 Å². The predicted octanol–water partition coefficient (Wildman–Crippen LogP) is 5.27. The molecular weight excluding hydrogens is 373 g/mol. The van der Waals surface area contributed by atoms with Crippen LogP contribution < -0.4 is 10.1 Å². The lowest BCUT2D eigenvalue weighted by Gasteiger charge is -2.21. The molecule has 2 aromatic rings. The van der Waals surface area contributed by atoms with Crippen molar-refractivity contribution in [1.29, 1.82) is 0 Å². The Labute approximate surface area is 159 Å². The van der Waals surface area contributed by atoms with Crippen LogP contribution in [0.15, 0.2) is 30.5 Å². The molecule has 1 aromatic heterocycles. The van der Waals surface area contributed by atoms with Gasteiger partial charge in [0.1, 0.15) is 5.75 Å². The number of carbonyl (C=O) groups is 1. The van der Waals surface area contributed by atoms with Gasteiger partial charge in [-0.25, -0.2) is 9.78 Å². The van der Waals surface area contributed by atoms with Gasteiger partial charge in [-0.15, -0.1) is 13.2 Å². The molecule has 2 aliphatic carbocycles. The Bertz CT molecular complexity index is 914. The molecule has 28 heavy (non-hydrogen) atoms. The van der Waals surface area contributed by atoms with E-state index in [4.69, 9.17) is 4.74 Å². The van der Waals surface area contributed by atoms with E-state index in [-0.39, 0.29) is 18.3 Å². The SMILES string of the molecule is CCOC(=O)c1ncc(Nc2cccc(OC(F)(F)F)c2)c2c1C1CCC2C1. The first-order valence-electron chi connectivity index (χ1n) is 9.18. The number of nitrogens with one attached hydrogen (secondary N) is 1. The molecule has 1 heterocycles. The lowest BCUT2D eigenvalue weighted by Crippen LogP contribution is -2.17. The van der Waals surface area contributed by atoms with E-state index >= 15 is 0 Å². The van der Waals surface area contributed by atoms with E-state index < -0.39 is 12.3 Å². The number of hydrogen-bond donors (Lipinski definition) is 1. The first-order valence-corrected chi connectivity index (χ1v) is 9.18. The standard InChI is InChI=1S/C20H19F3N2O3/c1-2-27-19(26)18-17-12-7-6-11(8-12)16(17)15(10-24-18)25-13-4-3-5-14(9-13)28-20(21,22)23/h3-5,9-12,25H,2,6-8H2,1H3. The molecule has 1 aromatic carbocycles. The number of nitrogens with zero attached hydrogens (tertiary/aromatic N) is 1. The minimum absolute atomic E-state index is 0.272. The summed E-state index contributed by atoms with van der Waals surface area (Å²) < 4.78 is 46.5. The predicted molar refractivity (Wildman–Crippen MR) is 95.9 cm³/mol. The summed E-state index contributed by atoms with van der Waals surface area (Å²) in [6.45, 7) is 2.02. The van der Waals surface area contributed by atoms with Gasteiger partial charge in [-0.05, 0) is 61.3 Å².